The Bertz CT molecular complexity index is 285. The second kappa shape index (κ2) is 4.11. The molecule has 0 aliphatic rings. The second-order valence-electron chi connectivity index (χ2n) is 2.87. The number of hydrogen-bond donors (Lipinski definition) is 4. The summed E-state index contributed by atoms with van der Waals surface area (Å²) in [6.45, 7) is 1.94. The van der Waals surface area contributed by atoms with Gasteiger partial charge in [0, 0.05) is 11.6 Å². The van der Waals surface area contributed by atoms with Crippen LogP contribution >= 0.6 is 0 Å². The van der Waals surface area contributed by atoms with Crippen molar-refractivity contribution in [2.24, 2.45) is 5.84 Å². The maximum Gasteiger partial charge on any atom is 0.120 e. The summed E-state index contributed by atoms with van der Waals surface area (Å²) in [4.78, 5) is 0. The van der Waals surface area contributed by atoms with Gasteiger partial charge in [0.2, 0.25) is 0 Å². The quantitative estimate of drug-likeness (QED) is 0.319. The van der Waals surface area contributed by atoms with Crippen LogP contribution in [-0.4, -0.2) is 10.2 Å². The number of nitrogens with two attached hydrogens (primary N) is 1. The zero-order valence-corrected chi connectivity index (χ0v) is 7.49. The van der Waals surface area contributed by atoms with Crippen LogP contribution in [0.5, 0.6) is 11.5 Å². The highest BCUT2D eigenvalue weighted by atomic mass is 16.3. The van der Waals surface area contributed by atoms with E-state index >= 15 is 0 Å². The molecule has 0 aliphatic carbocycles. The maximum absolute atomic E-state index is 9.46. The second-order valence-corrected chi connectivity index (χ2v) is 2.87. The van der Waals surface area contributed by atoms with E-state index in [0.717, 1.165) is 6.42 Å². The molecule has 4 heteroatoms. The van der Waals surface area contributed by atoms with Crippen molar-refractivity contribution in [2.75, 3.05) is 0 Å². The van der Waals surface area contributed by atoms with Gasteiger partial charge in [-0.2, -0.15) is 0 Å². The molecule has 0 saturated carbocycles. The molecule has 0 heterocycles. The van der Waals surface area contributed by atoms with Crippen molar-refractivity contribution in [3.05, 3.63) is 23.8 Å². The Morgan fingerprint density at radius 3 is 2.69 bits per heavy atom. The Hall–Kier alpha value is -1.26. The minimum Gasteiger partial charge on any atom is -0.508 e. The van der Waals surface area contributed by atoms with E-state index in [1.54, 1.807) is 0 Å². The average Bonchev–Trinajstić information content (AvgIpc) is 2.13. The highest BCUT2D eigenvalue weighted by Gasteiger charge is 2.11. The topological polar surface area (TPSA) is 78.5 Å². The smallest absolute Gasteiger partial charge is 0.120 e. The minimum absolute atomic E-state index is 0.126. The Morgan fingerprint density at radius 2 is 2.15 bits per heavy atom. The summed E-state index contributed by atoms with van der Waals surface area (Å²) < 4.78 is 0. The first-order valence-corrected chi connectivity index (χ1v) is 4.17. The summed E-state index contributed by atoms with van der Waals surface area (Å²) in [5.74, 6) is 5.56. The lowest BCUT2D eigenvalue weighted by Crippen LogP contribution is -2.27. The number of nitrogens with one attached hydrogen (secondary N) is 1. The molecule has 0 amide bonds. The van der Waals surface area contributed by atoms with E-state index in [1.807, 2.05) is 6.92 Å². The lowest BCUT2D eigenvalue weighted by Gasteiger charge is -2.15. The van der Waals surface area contributed by atoms with E-state index in [0.29, 0.717) is 5.56 Å². The molecule has 1 aromatic carbocycles. The summed E-state index contributed by atoms with van der Waals surface area (Å²) in [5.41, 5.74) is 3.18. The molecule has 1 atom stereocenters. The molecule has 4 nitrogen and oxygen atoms in total. The standard InChI is InChI=1S/C9H14N2O2/c1-2-8(11-10)7-5-6(12)3-4-9(7)13/h3-5,8,11-13H,2,10H2,1H3/t8-/m0/s1. The summed E-state index contributed by atoms with van der Waals surface area (Å²) in [6.07, 6.45) is 0.744. The first-order valence-electron chi connectivity index (χ1n) is 4.17. The summed E-state index contributed by atoms with van der Waals surface area (Å²) >= 11 is 0. The number of phenolic OH excluding ortho intramolecular Hbond substituents is 2. The van der Waals surface area contributed by atoms with Crippen LogP contribution in [0.1, 0.15) is 24.9 Å². The average molecular weight is 182 g/mol. The fourth-order valence-electron chi connectivity index (χ4n) is 1.25. The highest BCUT2D eigenvalue weighted by Crippen LogP contribution is 2.28. The van der Waals surface area contributed by atoms with Crippen molar-refractivity contribution in [1.29, 1.82) is 0 Å². The Morgan fingerprint density at radius 1 is 1.46 bits per heavy atom. The first-order chi connectivity index (χ1) is 6.19. The third kappa shape index (κ3) is 2.11. The van der Waals surface area contributed by atoms with Crippen LogP contribution < -0.4 is 11.3 Å². The number of aromatic hydroxyl groups is 2. The van der Waals surface area contributed by atoms with Gasteiger partial charge in [-0.1, -0.05) is 6.92 Å². The van der Waals surface area contributed by atoms with Gasteiger partial charge in [-0.25, -0.2) is 0 Å². The van der Waals surface area contributed by atoms with Gasteiger partial charge in [0.25, 0.3) is 0 Å². The molecule has 72 valence electrons. The van der Waals surface area contributed by atoms with Crippen LogP contribution in [0.15, 0.2) is 18.2 Å². The van der Waals surface area contributed by atoms with Gasteiger partial charge in [-0.15, -0.1) is 0 Å². The molecule has 0 aliphatic heterocycles. The monoisotopic (exact) mass is 182 g/mol. The largest absolute Gasteiger partial charge is 0.508 e. The van der Waals surface area contributed by atoms with E-state index in [9.17, 15) is 10.2 Å². The van der Waals surface area contributed by atoms with Crippen LogP contribution in [0, 0.1) is 0 Å². The fourth-order valence-corrected chi connectivity index (χ4v) is 1.25. The summed E-state index contributed by atoms with van der Waals surface area (Å²) in [6, 6.07) is 4.25. The lowest BCUT2D eigenvalue weighted by molar-refractivity contribution is 0.434. The van der Waals surface area contributed by atoms with Crippen LogP contribution in [0.3, 0.4) is 0 Å². The van der Waals surface area contributed by atoms with Crippen molar-refractivity contribution in [2.45, 2.75) is 19.4 Å². The van der Waals surface area contributed by atoms with E-state index in [4.69, 9.17) is 5.84 Å². The number of hydrazine groups is 1. The molecule has 0 fully saturated rings. The van der Waals surface area contributed by atoms with Crippen LogP contribution in [-0.2, 0) is 0 Å². The molecule has 0 spiro atoms. The van der Waals surface area contributed by atoms with Gasteiger partial charge in [-0.3, -0.25) is 11.3 Å². The molecule has 0 saturated heterocycles. The van der Waals surface area contributed by atoms with E-state index in [-0.39, 0.29) is 17.5 Å². The number of phenols is 2. The third-order valence-corrected chi connectivity index (χ3v) is 2.00. The van der Waals surface area contributed by atoms with Crippen molar-refractivity contribution < 1.29 is 10.2 Å². The molecule has 0 unspecified atom stereocenters. The molecule has 0 radical (unpaired) electrons. The van der Waals surface area contributed by atoms with Crippen molar-refractivity contribution in [3.63, 3.8) is 0 Å². The van der Waals surface area contributed by atoms with Crippen molar-refractivity contribution >= 4 is 0 Å². The van der Waals surface area contributed by atoms with Crippen LogP contribution in [0.25, 0.3) is 0 Å². The number of benzene rings is 1. The first kappa shape index (κ1) is 9.83. The summed E-state index contributed by atoms with van der Waals surface area (Å²) in [5, 5.41) is 18.7. The predicted molar refractivity (Wildman–Crippen MR) is 50.1 cm³/mol. The van der Waals surface area contributed by atoms with Crippen LogP contribution in [0.2, 0.25) is 0 Å². The zero-order chi connectivity index (χ0) is 9.84. The Kier molecular flexibility index (Phi) is 3.11. The number of hydrogen-bond acceptors (Lipinski definition) is 4. The molecule has 13 heavy (non-hydrogen) atoms. The van der Waals surface area contributed by atoms with Crippen molar-refractivity contribution in [3.8, 4) is 11.5 Å². The normalized spacial score (nSPS) is 12.8. The molecule has 1 rings (SSSR count). The van der Waals surface area contributed by atoms with Gasteiger partial charge >= 0.3 is 0 Å². The number of rotatable bonds is 3. The van der Waals surface area contributed by atoms with Gasteiger partial charge in [0.05, 0.1) is 0 Å². The SMILES string of the molecule is CC[C@H](NN)c1cc(O)ccc1O. The highest BCUT2D eigenvalue weighted by molar-refractivity contribution is 5.40. The van der Waals surface area contributed by atoms with E-state index < -0.39 is 0 Å². The minimum atomic E-state index is -0.132. The Labute approximate surface area is 77.0 Å². The van der Waals surface area contributed by atoms with Gasteiger partial charge < -0.3 is 10.2 Å². The molecular formula is C9H14N2O2. The molecular weight excluding hydrogens is 168 g/mol. The fraction of sp³-hybridized carbons (Fsp3) is 0.333. The third-order valence-electron chi connectivity index (χ3n) is 2.00. The predicted octanol–water partition coefficient (Wildman–Crippen LogP) is 1.01. The molecule has 0 bridgehead atoms. The molecule has 1 aromatic rings. The Balaban J connectivity index is 3.03. The lowest BCUT2D eigenvalue weighted by atomic mass is 10.0. The van der Waals surface area contributed by atoms with E-state index in [1.165, 1.54) is 18.2 Å². The zero-order valence-electron chi connectivity index (χ0n) is 7.49. The molecule has 0 aromatic heterocycles. The molecule has 5 N–H and O–H groups in total. The van der Waals surface area contributed by atoms with Gasteiger partial charge in [0.15, 0.2) is 0 Å². The maximum atomic E-state index is 9.46. The summed E-state index contributed by atoms with van der Waals surface area (Å²) in [7, 11) is 0. The van der Waals surface area contributed by atoms with Crippen LogP contribution in [0.4, 0.5) is 0 Å². The van der Waals surface area contributed by atoms with Crippen molar-refractivity contribution in [1.82, 2.24) is 5.43 Å². The van der Waals surface area contributed by atoms with Gasteiger partial charge in [0.1, 0.15) is 11.5 Å². The van der Waals surface area contributed by atoms with E-state index in [2.05, 4.69) is 5.43 Å². The van der Waals surface area contributed by atoms with Gasteiger partial charge in [-0.05, 0) is 24.6 Å².